The Kier molecular flexibility index (Phi) is 4.82. The minimum absolute atomic E-state index is 0.0431. The molecule has 0 aliphatic carbocycles. The second kappa shape index (κ2) is 7.26. The minimum Gasteiger partial charge on any atom is -0.383 e. The molecular weight excluding hydrogens is 346 g/mol. The number of carbonyl (C=O) groups is 2. The highest BCUT2D eigenvalue weighted by molar-refractivity contribution is 5.92. The molecule has 0 atom stereocenters. The SMILES string of the molecule is COCCN1CC2(CCC1=O)CCN(C(=O)c1cn3cccnc3n1)CC2. The van der Waals surface area contributed by atoms with Gasteiger partial charge in [-0.1, -0.05) is 0 Å². The number of aromatic nitrogens is 3. The van der Waals surface area contributed by atoms with Gasteiger partial charge in [0.15, 0.2) is 0 Å². The van der Waals surface area contributed by atoms with Gasteiger partial charge in [-0.05, 0) is 30.7 Å². The third kappa shape index (κ3) is 3.53. The number of imidazole rings is 1. The lowest BCUT2D eigenvalue weighted by atomic mass is 9.72. The summed E-state index contributed by atoms with van der Waals surface area (Å²) in [6.45, 7) is 3.39. The largest absolute Gasteiger partial charge is 0.383 e. The maximum absolute atomic E-state index is 12.8. The van der Waals surface area contributed by atoms with Crippen molar-refractivity contribution < 1.29 is 14.3 Å². The van der Waals surface area contributed by atoms with Gasteiger partial charge in [0.1, 0.15) is 5.69 Å². The van der Waals surface area contributed by atoms with Crippen molar-refractivity contribution in [3.05, 3.63) is 30.4 Å². The molecule has 4 rings (SSSR count). The summed E-state index contributed by atoms with van der Waals surface area (Å²) in [6.07, 6.45) is 8.58. The van der Waals surface area contributed by atoms with Crippen LogP contribution in [0.15, 0.2) is 24.7 Å². The van der Waals surface area contributed by atoms with Gasteiger partial charge in [-0.15, -0.1) is 0 Å². The number of ether oxygens (including phenoxy) is 1. The highest BCUT2D eigenvalue weighted by Crippen LogP contribution is 2.40. The van der Waals surface area contributed by atoms with Crippen molar-refractivity contribution in [3.8, 4) is 0 Å². The van der Waals surface area contributed by atoms with Crippen LogP contribution in [0.2, 0.25) is 0 Å². The van der Waals surface area contributed by atoms with Crippen LogP contribution in [0.3, 0.4) is 0 Å². The molecule has 0 bridgehead atoms. The molecule has 0 radical (unpaired) electrons. The number of piperidine rings is 2. The van der Waals surface area contributed by atoms with Crippen LogP contribution in [0.25, 0.3) is 5.78 Å². The summed E-state index contributed by atoms with van der Waals surface area (Å²) < 4.78 is 6.89. The van der Waals surface area contributed by atoms with Crippen LogP contribution in [0, 0.1) is 5.41 Å². The maximum Gasteiger partial charge on any atom is 0.274 e. The van der Waals surface area contributed by atoms with Crippen molar-refractivity contribution >= 4 is 17.6 Å². The molecule has 8 heteroatoms. The van der Waals surface area contributed by atoms with Gasteiger partial charge in [-0.25, -0.2) is 9.97 Å². The Hall–Kier alpha value is -2.48. The van der Waals surface area contributed by atoms with Crippen molar-refractivity contribution in [2.24, 2.45) is 5.41 Å². The Balaban J connectivity index is 1.40. The van der Waals surface area contributed by atoms with Crippen LogP contribution >= 0.6 is 0 Å². The molecule has 27 heavy (non-hydrogen) atoms. The number of likely N-dealkylation sites (tertiary alicyclic amines) is 2. The quantitative estimate of drug-likeness (QED) is 0.807. The standard InChI is InChI=1S/C19H25N5O3/c1-27-12-11-24-14-19(4-3-16(24)25)5-9-22(10-6-19)17(26)15-13-23-8-2-7-20-18(23)21-15/h2,7-8,13H,3-6,9-12,14H2,1H3. The first-order valence-corrected chi connectivity index (χ1v) is 9.46. The molecule has 2 saturated heterocycles. The molecule has 2 aromatic rings. The number of amides is 2. The monoisotopic (exact) mass is 371 g/mol. The van der Waals surface area contributed by atoms with Crippen LogP contribution < -0.4 is 0 Å². The Labute approximate surface area is 158 Å². The lowest BCUT2D eigenvalue weighted by molar-refractivity contribution is -0.139. The summed E-state index contributed by atoms with van der Waals surface area (Å²) in [7, 11) is 1.66. The van der Waals surface area contributed by atoms with E-state index in [0.717, 1.165) is 25.8 Å². The summed E-state index contributed by atoms with van der Waals surface area (Å²) >= 11 is 0. The van der Waals surface area contributed by atoms with Crippen LogP contribution in [0.5, 0.6) is 0 Å². The number of hydrogen-bond donors (Lipinski definition) is 0. The number of nitrogens with zero attached hydrogens (tertiary/aromatic N) is 5. The van der Waals surface area contributed by atoms with E-state index in [4.69, 9.17) is 4.74 Å². The summed E-state index contributed by atoms with van der Waals surface area (Å²) in [4.78, 5) is 37.3. The second-order valence-electron chi connectivity index (χ2n) is 7.55. The maximum atomic E-state index is 12.8. The van der Waals surface area contributed by atoms with Crippen LogP contribution in [-0.2, 0) is 9.53 Å². The lowest BCUT2D eigenvalue weighted by Crippen LogP contribution is -2.53. The van der Waals surface area contributed by atoms with Crippen molar-refractivity contribution in [1.82, 2.24) is 24.2 Å². The Morgan fingerprint density at radius 3 is 2.85 bits per heavy atom. The molecule has 8 nitrogen and oxygen atoms in total. The zero-order valence-corrected chi connectivity index (χ0v) is 15.6. The van der Waals surface area contributed by atoms with Crippen molar-refractivity contribution in [3.63, 3.8) is 0 Å². The average molecular weight is 371 g/mol. The Morgan fingerprint density at radius 2 is 2.11 bits per heavy atom. The van der Waals surface area contributed by atoms with Crippen molar-refractivity contribution in [2.75, 3.05) is 39.9 Å². The fourth-order valence-corrected chi connectivity index (χ4v) is 4.19. The first-order valence-electron chi connectivity index (χ1n) is 9.46. The smallest absolute Gasteiger partial charge is 0.274 e. The minimum atomic E-state index is -0.0431. The van der Waals surface area contributed by atoms with E-state index in [1.807, 2.05) is 22.1 Å². The van der Waals surface area contributed by atoms with Gasteiger partial charge in [-0.2, -0.15) is 0 Å². The first-order chi connectivity index (χ1) is 13.1. The fraction of sp³-hybridized carbons (Fsp3) is 0.579. The molecular formula is C19H25N5O3. The summed E-state index contributed by atoms with van der Waals surface area (Å²) in [6, 6.07) is 1.81. The average Bonchev–Trinajstić information content (AvgIpc) is 3.13. The zero-order valence-electron chi connectivity index (χ0n) is 15.6. The van der Waals surface area contributed by atoms with Crippen molar-refractivity contribution in [1.29, 1.82) is 0 Å². The molecule has 0 unspecified atom stereocenters. The molecule has 0 N–H and O–H groups in total. The van der Waals surface area contributed by atoms with Crippen molar-refractivity contribution in [2.45, 2.75) is 25.7 Å². The number of fused-ring (bicyclic) bond motifs is 1. The van der Waals surface area contributed by atoms with Gasteiger partial charge in [0.05, 0.1) is 6.61 Å². The van der Waals surface area contributed by atoms with Gasteiger partial charge in [0.2, 0.25) is 11.7 Å². The molecule has 2 aliphatic heterocycles. The fourth-order valence-electron chi connectivity index (χ4n) is 4.19. The normalized spacial score (nSPS) is 19.8. The molecule has 2 aliphatic rings. The van der Waals surface area contributed by atoms with E-state index < -0.39 is 0 Å². The number of hydrogen-bond acceptors (Lipinski definition) is 5. The van der Waals surface area contributed by atoms with E-state index in [2.05, 4.69) is 9.97 Å². The summed E-state index contributed by atoms with van der Waals surface area (Å²) in [5, 5.41) is 0. The number of methoxy groups -OCH3 is 1. The molecule has 2 amide bonds. The lowest BCUT2D eigenvalue weighted by Gasteiger charge is -2.47. The molecule has 2 fully saturated rings. The predicted octanol–water partition coefficient (Wildman–Crippen LogP) is 1.22. The number of rotatable bonds is 4. The van der Waals surface area contributed by atoms with E-state index >= 15 is 0 Å². The second-order valence-corrected chi connectivity index (χ2v) is 7.55. The van der Waals surface area contributed by atoms with Gasteiger partial charge in [0, 0.05) is 58.3 Å². The van der Waals surface area contributed by atoms with E-state index in [1.165, 1.54) is 0 Å². The van der Waals surface area contributed by atoms with Crippen LogP contribution in [-0.4, -0.2) is 75.9 Å². The van der Waals surface area contributed by atoms with Gasteiger partial charge in [0.25, 0.3) is 5.91 Å². The van der Waals surface area contributed by atoms with Gasteiger partial charge < -0.3 is 14.5 Å². The summed E-state index contributed by atoms with van der Waals surface area (Å²) in [5.41, 5.74) is 0.559. The molecule has 144 valence electrons. The van der Waals surface area contributed by atoms with Crippen LogP contribution in [0.1, 0.15) is 36.2 Å². The molecule has 1 spiro atoms. The molecule has 0 aromatic carbocycles. The van der Waals surface area contributed by atoms with E-state index in [9.17, 15) is 9.59 Å². The van der Waals surface area contributed by atoms with E-state index in [1.54, 1.807) is 23.9 Å². The Bertz CT molecular complexity index is 808. The van der Waals surface area contributed by atoms with Gasteiger partial charge in [-0.3, -0.25) is 14.0 Å². The zero-order chi connectivity index (χ0) is 18.9. The first kappa shape index (κ1) is 17.9. The highest BCUT2D eigenvalue weighted by atomic mass is 16.5. The third-order valence-electron chi connectivity index (χ3n) is 5.88. The van der Waals surface area contributed by atoms with E-state index in [-0.39, 0.29) is 17.2 Å². The molecule has 2 aromatic heterocycles. The van der Waals surface area contributed by atoms with Crippen LogP contribution in [0.4, 0.5) is 0 Å². The Morgan fingerprint density at radius 1 is 1.30 bits per heavy atom. The predicted molar refractivity (Wildman–Crippen MR) is 98.2 cm³/mol. The highest BCUT2D eigenvalue weighted by Gasteiger charge is 2.41. The topological polar surface area (TPSA) is 80.0 Å². The molecule has 4 heterocycles. The summed E-state index contributed by atoms with van der Waals surface area (Å²) in [5.74, 6) is 0.709. The molecule has 0 saturated carbocycles. The van der Waals surface area contributed by atoms with E-state index in [0.29, 0.717) is 44.1 Å². The third-order valence-corrected chi connectivity index (χ3v) is 5.88. The van der Waals surface area contributed by atoms with Gasteiger partial charge >= 0.3 is 0 Å². The number of carbonyl (C=O) groups excluding carboxylic acids is 2.